The molecule has 0 radical (unpaired) electrons. The standard InChI is InChI=1S/C16H26N2OS2/c1-11(2)13(19)14-12(17)15(20-3)16(21-14)18-9-7-5-4-6-8-10-18/h11H,4-10,17H2,1-3H3. The predicted octanol–water partition coefficient (Wildman–Crippen LogP) is 4.66. The van der Waals surface area contributed by atoms with Crippen LogP contribution < -0.4 is 10.6 Å². The molecule has 0 spiro atoms. The summed E-state index contributed by atoms with van der Waals surface area (Å²) in [5.74, 6) is 0.173. The van der Waals surface area contributed by atoms with E-state index in [0.29, 0.717) is 5.69 Å². The summed E-state index contributed by atoms with van der Waals surface area (Å²) in [6.45, 7) is 6.05. The van der Waals surface area contributed by atoms with Crippen molar-refractivity contribution in [3.8, 4) is 0 Å². The molecule has 0 atom stereocenters. The van der Waals surface area contributed by atoms with Gasteiger partial charge in [-0.15, -0.1) is 23.1 Å². The van der Waals surface area contributed by atoms with Crippen LogP contribution in [0.5, 0.6) is 0 Å². The van der Waals surface area contributed by atoms with Crippen molar-refractivity contribution in [1.29, 1.82) is 0 Å². The Kier molecular flexibility index (Phi) is 5.99. The van der Waals surface area contributed by atoms with E-state index in [2.05, 4.69) is 11.2 Å². The average Bonchev–Trinajstić information content (AvgIpc) is 2.74. The summed E-state index contributed by atoms with van der Waals surface area (Å²) in [6.07, 6.45) is 8.49. The molecule has 21 heavy (non-hydrogen) atoms. The second kappa shape index (κ2) is 7.54. The number of nitrogens with two attached hydrogens (primary N) is 1. The first-order valence-corrected chi connectivity index (χ1v) is 9.85. The number of carbonyl (C=O) groups excluding carboxylic acids is 1. The van der Waals surface area contributed by atoms with Crippen molar-refractivity contribution in [2.75, 3.05) is 30.0 Å². The quantitative estimate of drug-likeness (QED) is 0.645. The highest BCUT2D eigenvalue weighted by atomic mass is 32.2. The number of thiophene rings is 1. The van der Waals surface area contributed by atoms with Crippen LogP contribution in [-0.4, -0.2) is 25.1 Å². The Morgan fingerprint density at radius 2 is 1.76 bits per heavy atom. The van der Waals surface area contributed by atoms with Gasteiger partial charge in [0.05, 0.1) is 15.5 Å². The molecule has 1 aliphatic heterocycles. The Bertz CT molecular complexity index is 489. The lowest BCUT2D eigenvalue weighted by atomic mass is 10.1. The highest BCUT2D eigenvalue weighted by Crippen LogP contribution is 2.45. The van der Waals surface area contributed by atoms with Gasteiger partial charge in [0.15, 0.2) is 5.78 Å². The molecule has 1 fully saturated rings. The number of nitrogens with zero attached hydrogens (tertiary/aromatic N) is 1. The molecule has 1 aromatic rings. The molecule has 1 aliphatic rings. The van der Waals surface area contributed by atoms with Crippen molar-refractivity contribution in [1.82, 2.24) is 0 Å². The summed E-state index contributed by atoms with van der Waals surface area (Å²) < 4.78 is 0. The van der Waals surface area contributed by atoms with Crippen molar-refractivity contribution >= 4 is 39.6 Å². The van der Waals surface area contributed by atoms with Gasteiger partial charge in [0.2, 0.25) is 0 Å². The van der Waals surface area contributed by atoms with Gasteiger partial charge in [-0.2, -0.15) is 0 Å². The maximum absolute atomic E-state index is 12.4. The third kappa shape index (κ3) is 3.75. The fourth-order valence-electron chi connectivity index (χ4n) is 2.72. The lowest BCUT2D eigenvalue weighted by Gasteiger charge is -2.26. The average molecular weight is 327 g/mol. The minimum absolute atomic E-state index is 0.000778. The molecule has 2 rings (SSSR count). The Morgan fingerprint density at radius 1 is 1.19 bits per heavy atom. The topological polar surface area (TPSA) is 46.3 Å². The number of hydrogen-bond donors (Lipinski definition) is 1. The first kappa shape index (κ1) is 16.7. The summed E-state index contributed by atoms with van der Waals surface area (Å²) >= 11 is 3.27. The van der Waals surface area contributed by atoms with Gasteiger partial charge in [0.25, 0.3) is 0 Å². The van der Waals surface area contributed by atoms with Crippen LogP contribution in [0.4, 0.5) is 10.7 Å². The number of Topliss-reactive ketones (excluding diaryl/α,β-unsaturated/α-hetero) is 1. The normalized spacial score (nSPS) is 16.9. The minimum atomic E-state index is 0.000778. The van der Waals surface area contributed by atoms with Crippen LogP contribution in [0.2, 0.25) is 0 Å². The van der Waals surface area contributed by atoms with Crippen LogP contribution in [0.3, 0.4) is 0 Å². The van der Waals surface area contributed by atoms with Crippen LogP contribution in [0.1, 0.15) is 55.6 Å². The molecular formula is C16H26N2OS2. The van der Waals surface area contributed by atoms with Gasteiger partial charge in [-0.25, -0.2) is 0 Å². The number of nitrogen functional groups attached to an aromatic ring is 1. The van der Waals surface area contributed by atoms with Crippen LogP contribution in [-0.2, 0) is 0 Å². The molecule has 5 heteroatoms. The molecule has 0 bridgehead atoms. The van der Waals surface area contributed by atoms with E-state index in [9.17, 15) is 4.79 Å². The molecule has 1 aromatic heterocycles. The van der Waals surface area contributed by atoms with Crippen molar-refractivity contribution in [2.24, 2.45) is 5.92 Å². The molecule has 0 saturated carbocycles. The van der Waals surface area contributed by atoms with Gasteiger partial charge < -0.3 is 10.6 Å². The third-order valence-corrected chi connectivity index (χ3v) is 6.21. The zero-order valence-electron chi connectivity index (χ0n) is 13.3. The molecule has 0 aliphatic carbocycles. The molecule has 3 nitrogen and oxygen atoms in total. The third-order valence-electron chi connectivity index (χ3n) is 3.98. The zero-order chi connectivity index (χ0) is 15.4. The lowest BCUT2D eigenvalue weighted by molar-refractivity contribution is 0.0944. The first-order chi connectivity index (χ1) is 10.1. The highest BCUT2D eigenvalue weighted by molar-refractivity contribution is 7.99. The SMILES string of the molecule is CSc1c(N2CCCCCCC2)sc(C(=O)C(C)C)c1N. The summed E-state index contributed by atoms with van der Waals surface area (Å²) in [5.41, 5.74) is 6.97. The second-order valence-electron chi connectivity index (χ2n) is 5.96. The van der Waals surface area contributed by atoms with Gasteiger partial charge in [-0.05, 0) is 19.1 Å². The molecule has 0 unspecified atom stereocenters. The van der Waals surface area contributed by atoms with Crippen LogP contribution in [0.15, 0.2) is 4.90 Å². The van der Waals surface area contributed by atoms with Crippen LogP contribution in [0, 0.1) is 5.92 Å². The van der Waals surface area contributed by atoms with Crippen molar-refractivity contribution in [2.45, 2.75) is 50.8 Å². The number of hydrogen-bond acceptors (Lipinski definition) is 5. The summed E-state index contributed by atoms with van der Waals surface area (Å²) in [6, 6.07) is 0. The number of thioether (sulfide) groups is 1. The molecule has 0 aromatic carbocycles. The molecule has 2 heterocycles. The maximum atomic E-state index is 12.4. The first-order valence-electron chi connectivity index (χ1n) is 7.81. The highest BCUT2D eigenvalue weighted by Gasteiger charge is 2.25. The number of carbonyl (C=O) groups is 1. The molecule has 1 saturated heterocycles. The van der Waals surface area contributed by atoms with Crippen molar-refractivity contribution in [3.05, 3.63) is 4.88 Å². The van der Waals surface area contributed by atoms with E-state index in [4.69, 9.17) is 5.73 Å². The van der Waals surface area contributed by atoms with Gasteiger partial charge in [0, 0.05) is 19.0 Å². The molecule has 118 valence electrons. The van der Waals surface area contributed by atoms with Crippen LogP contribution in [0.25, 0.3) is 0 Å². The fourth-order valence-corrected chi connectivity index (χ4v) is 5.04. The number of ketones is 1. The lowest BCUT2D eigenvalue weighted by Crippen LogP contribution is -2.26. The monoisotopic (exact) mass is 326 g/mol. The van der Waals surface area contributed by atoms with Gasteiger partial charge in [-0.1, -0.05) is 33.1 Å². The van der Waals surface area contributed by atoms with E-state index >= 15 is 0 Å². The largest absolute Gasteiger partial charge is 0.396 e. The molecule has 0 amide bonds. The smallest absolute Gasteiger partial charge is 0.177 e. The molecular weight excluding hydrogens is 300 g/mol. The summed E-state index contributed by atoms with van der Waals surface area (Å²) in [5, 5.41) is 1.21. The van der Waals surface area contributed by atoms with Gasteiger partial charge in [-0.3, -0.25) is 4.79 Å². The van der Waals surface area contributed by atoms with E-state index in [0.717, 1.165) is 22.9 Å². The Morgan fingerprint density at radius 3 is 2.29 bits per heavy atom. The van der Waals surface area contributed by atoms with E-state index < -0.39 is 0 Å². The van der Waals surface area contributed by atoms with Crippen molar-refractivity contribution in [3.63, 3.8) is 0 Å². The Balaban J connectivity index is 2.33. The van der Waals surface area contributed by atoms with Gasteiger partial charge in [0.1, 0.15) is 5.00 Å². The number of rotatable bonds is 4. The fraction of sp³-hybridized carbons (Fsp3) is 0.688. The second-order valence-corrected chi connectivity index (χ2v) is 7.77. The summed E-state index contributed by atoms with van der Waals surface area (Å²) in [7, 11) is 0. The zero-order valence-corrected chi connectivity index (χ0v) is 14.9. The summed E-state index contributed by atoms with van der Waals surface area (Å²) in [4.78, 5) is 16.7. The van der Waals surface area contributed by atoms with E-state index in [1.165, 1.54) is 37.1 Å². The minimum Gasteiger partial charge on any atom is -0.396 e. The maximum Gasteiger partial charge on any atom is 0.177 e. The van der Waals surface area contributed by atoms with E-state index in [1.54, 1.807) is 23.1 Å². The van der Waals surface area contributed by atoms with Gasteiger partial charge >= 0.3 is 0 Å². The number of anilines is 2. The van der Waals surface area contributed by atoms with Crippen LogP contribution >= 0.6 is 23.1 Å². The van der Waals surface area contributed by atoms with E-state index in [1.807, 2.05) is 13.8 Å². The predicted molar refractivity (Wildman–Crippen MR) is 95.0 cm³/mol. The van der Waals surface area contributed by atoms with E-state index in [-0.39, 0.29) is 11.7 Å². The Hall–Kier alpha value is -0.680. The van der Waals surface area contributed by atoms with Crippen molar-refractivity contribution < 1.29 is 4.79 Å². The Labute approximate surface area is 136 Å². The molecule has 2 N–H and O–H groups in total.